The summed E-state index contributed by atoms with van der Waals surface area (Å²) >= 11 is 0. The molecule has 2 heterocycles. The number of allylic oxidation sites excluding steroid dienone is 1. The maximum Gasteiger partial charge on any atom is 0.262 e. The number of benzene rings is 3. The first kappa shape index (κ1) is 43.2. The van der Waals surface area contributed by atoms with Crippen LogP contribution >= 0.6 is 0 Å². The molecule has 2 aliphatic rings. The molecule has 0 aliphatic carbocycles. The molecule has 4 amide bonds. The Kier molecular flexibility index (Phi) is 14.1. The summed E-state index contributed by atoms with van der Waals surface area (Å²) in [6, 6.07) is 23.3. The van der Waals surface area contributed by atoms with Gasteiger partial charge in [0.2, 0.25) is 23.6 Å². The molecule has 12 heteroatoms. The van der Waals surface area contributed by atoms with E-state index in [-0.39, 0.29) is 35.6 Å². The number of unbranched alkanes of at least 4 members (excludes halogenated alkanes) is 1. The van der Waals surface area contributed by atoms with Crippen LogP contribution in [0, 0.1) is 5.82 Å². The van der Waals surface area contributed by atoms with Gasteiger partial charge in [0.25, 0.3) is 8.32 Å². The minimum absolute atomic E-state index is 0.112. The van der Waals surface area contributed by atoms with E-state index in [1.54, 1.807) is 45.0 Å². The second-order valence-corrected chi connectivity index (χ2v) is 20.7. The van der Waals surface area contributed by atoms with Crippen LogP contribution in [0.5, 0.6) is 0 Å². The van der Waals surface area contributed by atoms with Gasteiger partial charge < -0.3 is 25.3 Å². The van der Waals surface area contributed by atoms with E-state index in [0.29, 0.717) is 32.2 Å². The average Bonchev–Trinajstić information content (AvgIpc) is 3.69. The molecular weight excluding hydrogens is 740 g/mol. The molecular formula is C45H57FN4O6Si. The van der Waals surface area contributed by atoms with E-state index >= 15 is 0 Å². The lowest BCUT2D eigenvalue weighted by Crippen LogP contribution is -2.68. The summed E-state index contributed by atoms with van der Waals surface area (Å²) in [5, 5.41) is 10.4. The highest BCUT2D eigenvalue weighted by molar-refractivity contribution is 6.99. The van der Waals surface area contributed by atoms with Crippen molar-refractivity contribution in [3.63, 3.8) is 0 Å². The number of rotatable bonds is 13. The van der Waals surface area contributed by atoms with Crippen LogP contribution in [0.4, 0.5) is 4.39 Å². The zero-order valence-corrected chi connectivity index (χ0v) is 35.0. The van der Waals surface area contributed by atoms with Crippen LogP contribution in [-0.2, 0) is 34.8 Å². The highest BCUT2D eigenvalue weighted by Gasteiger charge is 2.51. The topological polar surface area (TPSA) is 134 Å². The number of hydrogen-bond donors (Lipinski definition) is 3. The largest absolute Gasteiger partial charge is 0.397 e. The molecule has 10 nitrogen and oxygen atoms in total. The molecule has 5 atom stereocenters. The fraction of sp³-hybridized carbons (Fsp3) is 0.444. The number of amides is 4. The molecule has 304 valence electrons. The van der Waals surface area contributed by atoms with Crippen LogP contribution in [0.15, 0.2) is 97.1 Å². The standard InChI is InChI=1S/C45H57FN4O6Si/c1-7-45(6)43(55)48-37(30-32-20-17-18-25-35(32)46)42(54)50-29-19-27-38(50)41(53)47-36(40(52)49-45)26-15-10-16-28-39(51)31(2)56-57(44(3,4)5,33-21-11-8-12-22-33)34-23-13-9-14-24-34/h8-9,11-14,16-18,20-25,28,31,36-38H,7,10,15,19,26-27,29-30H2,1-6H3,(H,47,53)(H,48,55)(H,49,52)/b28-16+/t31-,36+,37+,38-,45+/m1/s1. The summed E-state index contributed by atoms with van der Waals surface area (Å²) in [7, 11) is -2.95. The van der Waals surface area contributed by atoms with E-state index in [1.807, 2.05) is 36.4 Å². The van der Waals surface area contributed by atoms with Gasteiger partial charge in [0.1, 0.15) is 35.6 Å². The molecule has 5 rings (SSSR count). The molecule has 3 aromatic rings. The summed E-state index contributed by atoms with van der Waals surface area (Å²) in [6.45, 7) is 11.9. The third-order valence-electron chi connectivity index (χ3n) is 11.4. The van der Waals surface area contributed by atoms with Gasteiger partial charge in [-0.25, -0.2) is 4.39 Å². The van der Waals surface area contributed by atoms with Gasteiger partial charge in [-0.15, -0.1) is 0 Å². The van der Waals surface area contributed by atoms with E-state index in [2.05, 4.69) is 61.0 Å². The number of fused-ring (bicyclic) bond motifs is 1. The Bertz CT molecular complexity index is 1900. The van der Waals surface area contributed by atoms with Crippen molar-refractivity contribution in [2.45, 2.75) is 121 Å². The minimum Gasteiger partial charge on any atom is -0.397 e. The monoisotopic (exact) mass is 796 g/mol. The van der Waals surface area contributed by atoms with Crippen LogP contribution in [-0.4, -0.2) is 78.9 Å². The van der Waals surface area contributed by atoms with Crippen LogP contribution in [0.2, 0.25) is 5.04 Å². The van der Waals surface area contributed by atoms with Crippen molar-refractivity contribution in [1.82, 2.24) is 20.9 Å². The van der Waals surface area contributed by atoms with Crippen molar-refractivity contribution in [2.75, 3.05) is 6.54 Å². The van der Waals surface area contributed by atoms with Gasteiger partial charge in [-0.3, -0.25) is 24.0 Å². The molecule has 0 saturated carbocycles. The molecule has 0 bridgehead atoms. The molecule has 0 aromatic heterocycles. The number of nitrogens with one attached hydrogen (secondary N) is 3. The SMILES string of the molecule is CC[C@]1(C)NC(=O)[C@H](CCC/C=C/C(=O)[C@@H](C)O[Si](c2ccccc2)(c2ccccc2)C(C)(C)C)NC(=O)[C@H]2CCCN2C(=O)[C@H](Cc2ccccc2F)NC1=O. The van der Waals surface area contributed by atoms with Gasteiger partial charge in [0.05, 0.1) is 0 Å². The Morgan fingerprint density at radius 1 is 0.930 bits per heavy atom. The third kappa shape index (κ3) is 9.79. The van der Waals surface area contributed by atoms with E-state index in [4.69, 9.17) is 4.43 Å². The van der Waals surface area contributed by atoms with Gasteiger partial charge in [-0.1, -0.05) is 113 Å². The van der Waals surface area contributed by atoms with Crippen molar-refractivity contribution in [3.05, 3.63) is 108 Å². The molecule has 2 aliphatic heterocycles. The van der Waals surface area contributed by atoms with Crippen LogP contribution < -0.4 is 26.3 Å². The van der Waals surface area contributed by atoms with Gasteiger partial charge in [0, 0.05) is 13.0 Å². The Morgan fingerprint density at radius 2 is 1.54 bits per heavy atom. The second-order valence-electron chi connectivity index (χ2n) is 16.4. The van der Waals surface area contributed by atoms with Gasteiger partial charge in [-0.2, -0.15) is 0 Å². The summed E-state index contributed by atoms with van der Waals surface area (Å²) < 4.78 is 21.7. The Morgan fingerprint density at radius 3 is 2.14 bits per heavy atom. The maximum atomic E-state index is 14.7. The summed E-state index contributed by atoms with van der Waals surface area (Å²) in [5.74, 6) is -2.73. The lowest BCUT2D eigenvalue weighted by atomic mass is 9.94. The Balaban J connectivity index is 1.29. The lowest BCUT2D eigenvalue weighted by Gasteiger charge is -2.44. The van der Waals surface area contributed by atoms with Crippen molar-refractivity contribution in [3.8, 4) is 0 Å². The molecule has 0 unspecified atom stereocenters. The van der Waals surface area contributed by atoms with E-state index in [9.17, 15) is 28.4 Å². The number of halogens is 1. The second kappa shape index (κ2) is 18.5. The number of ketones is 1. The smallest absolute Gasteiger partial charge is 0.262 e. The van der Waals surface area contributed by atoms with Crippen molar-refractivity contribution in [2.24, 2.45) is 0 Å². The van der Waals surface area contributed by atoms with Crippen LogP contribution in [0.1, 0.15) is 85.6 Å². The summed E-state index contributed by atoms with van der Waals surface area (Å²) in [4.78, 5) is 70.5. The minimum atomic E-state index is -2.95. The molecule has 0 radical (unpaired) electrons. The zero-order valence-electron chi connectivity index (χ0n) is 34.0. The fourth-order valence-corrected chi connectivity index (χ4v) is 12.6. The Hall–Kier alpha value is -4.94. The normalized spacial score (nSPS) is 22.9. The van der Waals surface area contributed by atoms with Crippen LogP contribution in [0.3, 0.4) is 0 Å². The predicted molar refractivity (Wildman–Crippen MR) is 222 cm³/mol. The van der Waals surface area contributed by atoms with E-state index in [1.165, 1.54) is 17.0 Å². The lowest BCUT2D eigenvalue weighted by molar-refractivity contribution is -0.144. The first-order chi connectivity index (χ1) is 27.1. The first-order valence-electron chi connectivity index (χ1n) is 20.1. The average molecular weight is 797 g/mol. The molecule has 3 aromatic carbocycles. The third-order valence-corrected chi connectivity index (χ3v) is 16.5. The van der Waals surface area contributed by atoms with Gasteiger partial charge in [-0.05, 0) is 85.5 Å². The first-order valence-corrected chi connectivity index (χ1v) is 22.0. The van der Waals surface area contributed by atoms with Gasteiger partial charge in [0.15, 0.2) is 5.78 Å². The highest BCUT2D eigenvalue weighted by atomic mass is 28.4. The van der Waals surface area contributed by atoms with E-state index < -0.39 is 67.5 Å². The predicted octanol–water partition coefficient (Wildman–Crippen LogP) is 4.89. The summed E-state index contributed by atoms with van der Waals surface area (Å²) in [6.07, 6.45) is 4.69. The van der Waals surface area contributed by atoms with Crippen molar-refractivity contribution < 1.29 is 32.8 Å². The highest BCUT2D eigenvalue weighted by Crippen LogP contribution is 2.37. The van der Waals surface area contributed by atoms with Crippen molar-refractivity contribution >= 4 is 48.1 Å². The zero-order chi connectivity index (χ0) is 41.4. The van der Waals surface area contributed by atoms with Crippen molar-refractivity contribution in [1.29, 1.82) is 0 Å². The van der Waals surface area contributed by atoms with Crippen LogP contribution in [0.25, 0.3) is 0 Å². The molecule has 0 spiro atoms. The van der Waals surface area contributed by atoms with E-state index in [0.717, 1.165) is 10.4 Å². The quantitative estimate of drug-likeness (QED) is 0.128. The molecule has 3 N–H and O–H groups in total. The molecule has 2 fully saturated rings. The fourth-order valence-electron chi connectivity index (χ4n) is 7.90. The number of carbonyl (C=O) groups is 5. The number of carbonyl (C=O) groups excluding carboxylic acids is 5. The summed E-state index contributed by atoms with van der Waals surface area (Å²) in [5.41, 5.74) is -1.17. The van der Waals surface area contributed by atoms with Gasteiger partial charge >= 0.3 is 0 Å². The number of hydrogen-bond acceptors (Lipinski definition) is 6. The molecule has 57 heavy (non-hydrogen) atoms. The Labute approximate surface area is 337 Å². The maximum absolute atomic E-state index is 14.7. The number of nitrogens with zero attached hydrogens (tertiary/aromatic N) is 1. The molecule has 2 saturated heterocycles.